The first-order valence-electron chi connectivity index (χ1n) is 10.0. The smallest absolute Gasteiger partial charge is 0.393 e. The Kier molecular flexibility index (Phi) is 7.00. The van der Waals surface area contributed by atoms with Gasteiger partial charge in [-0.25, -0.2) is 0 Å². The Morgan fingerprint density at radius 3 is 2.48 bits per heavy atom. The molecule has 1 aliphatic heterocycles. The highest BCUT2D eigenvalue weighted by Gasteiger charge is 2.53. The topological polar surface area (TPSA) is 58.6 Å². The fourth-order valence-electron chi connectivity index (χ4n) is 3.83. The van der Waals surface area contributed by atoms with Gasteiger partial charge in [0.15, 0.2) is 0 Å². The summed E-state index contributed by atoms with van der Waals surface area (Å²) in [5, 5.41) is 2.63. The van der Waals surface area contributed by atoms with Crippen LogP contribution >= 0.6 is 0 Å². The summed E-state index contributed by atoms with van der Waals surface area (Å²) in [5.41, 5.74) is 2.00. The Labute approximate surface area is 179 Å². The van der Waals surface area contributed by atoms with Crippen LogP contribution in [0.1, 0.15) is 31.1 Å². The molecule has 8 heteroatoms. The van der Waals surface area contributed by atoms with E-state index in [1.54, 1.807) is 36.1 Å². The standard InChI is InChI=1S/C23H25F3N2O3/c1-15(18-9-6-10-19(11-18)27-16(2)29)31-22(30)20-13-28(14-21(20)23(24,25)26)12-17-7-4-3-5-8-17/h3-11,15,20-21H,12-14H2,1-2H3,(H,27,29)/t15-,20-,21-/m0/s1. The molecular formula is C23H25F3N2O3. The number of amides is 1. The van der Waals surface area contributed by atoms with Crippen LogP contribution in [0.5, 0.6) is 0 Å². The molecule has 1 saturated heterocycles. The molecule has 0 unspecified atom stereocenters. The van der Waals surface area contributed by atoms with Crippen molar-refractivity contribution in [3.8, 4) is 0 Å². The third-order valence-electron chi connectivity index (χ3n) is 5.34. The van der Waals surface area contributed by atoms with E-state index in [0.717, 1.165) is 5.56 Å². The maximum absolute atomic E-state index is 13.6. The molecule has 1 amide bonds. The van der Waals surface area contributed by atoms with Gasteiger partial charge in [-0.15, -0.1) is 0 Å². The maximum Gasteiger partial charge on any atom is 0.393 e. The number of alkyl halides is 3. The number of rotatable bonds is 6. The summed E-state index contributed by atoms with van der Waals surface area (Å²) in [5.74, 6) is -4.18. The first-order valence-corrected chi connectivity index (χ1v) is 10.0. The number of esters is 1. The van der Waals surface area contributed by atoms with E-state index >= 15 is 0 Å². The molecule has 0 bridgehead atoms. The van der Waals surface area contributed by atoms with Gasteiger partial charge in [0.25, 0.3) is 0 Å². The van der Waals surface area contributed by atoms with Crippen LogP contribution in [0.4, 0.5) is 18.9 Å². The summed E-state index contributed by atoms with van der Waals surface area (Å²) in [4.78, 5) is 25.6. The number of nitrogens with one attached hydrogen (secondary N) is 1. The third-order valence-corrected chi connectivity index (χ3v) is 5.34. The van der Waals surface area contributed by atoms with Gasteiger partial charge >= 0.3 is 12.1 Å². The summed E-state index contributed by atoms with van der Waals surface area (Å²) in [7, 11) is 0. The minimum absolute atomic E-state index is 0.0173. The molecule has 3 rings (SSSR count). The zero-order chi connectivity index (χ0) is 22.6. The minimum atomic E-state index is -4.50. The monoisotopic (exact) mass is 434 g/mol. The van der Waals surface area contributed by atoms with Crippen LogP contribution in [-0.2, 0) is 20.9 Å². The van der Waals surface area contributed by atoms with Crippen LogP contribution in [0.15, 0.2) is 54.6 Å². The molecule has 166 valence electrons. The average molecular weight is 434 g/mol. The summed E-state index contributed by atoms with van der Waals surface area (Å²) in [6, 6.07) is 15.9. The van der Waals surface area contributed by atoms with Crippen LogP contribution in [0.25, 0.3) is 0 Å². The van der Waals surface area contributed by atoms with Crippen molar-refractivity contribution in [1.82, 2.24) is 4.90 Å². The summed E-state index contributed by atoms with van der Waals surface area (Å²) >= 11 is 0. The van der Waals surface area contributed by atoms with Gasteiger partial charge < -0.3 is 10.1 Å². The number of likely N-dealkylation sites (tertiary alicyclic amines) is 1. The van der Waals surface area contributed by atoms with Gasteiger partial charge in [-0.05, 0) is 30.2 Å². The zero-order valence-electron chi connectivity index (χ0n) is 17.4. The molecule has 5 nitrogen and oxygen atoms in total. The van der Waals surface area contributed by atoms with Crippen molar-refractivity contribution in [2.24, 2.45) is 11.8 Å². The van der Waals surface area contributed by atoms with E-state index in [2.05, 4.69) is 5.32 Å². The van der Waals surface area contributed by atoms with Crippen LogP contribution in [0, 0.1) is 11.8 Å². The number of anilines is 1. The highest BCUT2D eigenvalue weighted by Crippen LogP contribution is 2.39. The zero-order valence-corrected chi connectivity index (χ0v) is 17.4. The van der Waals surface area contributed by atoms with Gasteiger partial charge in [0.1, 0.15) is 6.10 Å². The average Bonchev–Trinajstić information content (AvgIpc) is 3.13. The number of benzene rings is 2. The molecule has 0 spiro atoms. The van der Waals surface area contributed by atoms with Crippen LogP contribution in [0.3, 0.4) is 0 Å². The highest BCUT2D eigenvalue weighted by atomic mass is 19.4. The molecule has 0 aromatic heterocycles. The van der Waals surface area contributed by atoms with Gasteiger partial charge in [-0.3, -0.25) is 14.5 Å². The van der Waals surface area contributed by atoms with E-state index < -0.39 is 30.1 Å². The van der Waals surface area contributed by atoms with Crippen molar-refractivity contribution in [1.29, 1.82) is 0 Å². The second kappa shape index (κ2) is 9.51. The number of hydrogen-bond donors (Lipinski definition) is 1. The van der Waals surface area contributed by atoms with Crippen molar-refractivity contribution in [2.45, 2.75) is 32.7 Å². The fraction of sp³-hybridized carbons (Fsp3) is 0.391. The fourth-order valence-corrected chi connectivity index (χ4v) is 3.83. The number of halogens is 3. The lowest BCUT2D eigenvalue weighted by Gasteiger charge is -2.22. The molecular weight excluding hydrogens is 409 g/mol. The van der Waals surface area contributed by atoms with Crippen molar-refractivity contribution < 1.29 is 27.5 Å². The Balaban J connectivity index is 1.70. The van der Waals surface area contributed by atoms with E-state index in [0.29, 0.717) is 17.8 Å². The molecule has 31 heavy (non-hydrogen) atoms. The van der Waals surface area contributed by atoms with Crippen molar-refractivity contribution in [3.63, 3.8) is 0 Å². The predicted molar refractivity (Wildman–Crippen MR) is 110 cm³/mol. The van der Waals surface area contributed by atoms with E-state index in [1.165, 1.54) is 6.92 Å². The molecule has 1 aliphatic rings. The van der Waals surface area contributed by atoms with Gasteiger partial charge in [0.05, 0.1) is 11.8 Å². The summed E-state index contributed by atoms with van der Waals surface area (Å²) < 4.78 is 46.4. The lowest BCUT2D eigenvalue weighted by atomic mass is 9.95. The summed E-state index contributed by atoms with van der Waals surface area (Å²) in [6.45, 7) is 3.05. The first kappa shape index (κ1) is 22.8. The van der Waals surface area contributed by atoms with E-state index in [-0.39, 0.29) is 19.0 Å². The van der Waals surface area contributed by atoms with Crippen LogP contribution < -0.4 is 5.32 Å². The SMILES string of the molecule is CC(=O)Nc1cccc([C@H](C)OC(=O)[C@H]2CN(Cc3ccccc3)C[C@@H]2C(F)(F)F)c1. The number of carbonyl (C=O) groups is 2. The van der Waals surface area contributed by atoms with E-state index in [4.69, 9.17) is 4.74 Å². The molecule has 1 N–H and O–H groups in total. The molecule has 2 aromatic carbocycles. The normalized spacial score (nSPS) is 20.3. The molecule has 1 fully saturated rings. The van der Waals surface area contributed by atoms with Crippen LogP contribution in [-0.4, -0.2) is 36.0 Å². The van der Waals surface area contributed by atoms with E-state index in [9.17, 15) is 22.8 Å². The number of hydrogen-bond acceptors (Lipinski definition) is 4. The molecule has 1 heterocycles. The quantitative estimate of drug-likeness (QED) is 0.678. The Bertz CT molecular complexity index is 918. The van der Waals surface area contributed by atoms with E-state index in [1.807, 2.05) is 30.3 Å². The highest BCUT2D eigenvalue weighted by molar-refractivity contribution is 5.88. The number of carbonyl (C=O) groups excluding carboxylic acids is 2. The summed E-state index contributed by atoms with van der Waals surface area (Å²) in [6.07, 6.45) is -5.25. The van der Waals surface area contributed by atoms with Gasteiger partial charge in [-0.1, -0.05) is 42.5 Å². The largest absolute Gasteiger partial charge is 0.458 e. The Hall–Kier alpha value is -2.87. The van der Waals surface area contributed by atoms with Crippen LogP contribution in [0.2, 0.25) is 0 Å². The first-order chi connectivity index (χ1) is 14.6. The Morgan fingerprint density at radius 2 is 1.84 bits per heavy atom. The molecule has 0 aliphatic carbocycles. The minimum Gasteiger partial charge on any atom is -0.458 e. The van der Waals surface area contributed by atoms with Crippen molar-refractivity contribution in [2.75, 3.05) is 18.4 Å². The maximum atomic E-state index is 13.6. The van der Waals surface area contributed by atoms with Gasteiger partial charge in [-0.2, -0.15) is 13.2 Å². The van der Waals surface area contributed by atoms with Gasteiger partial charge in [0, 0.05) is 32.2 Å². The number of nitrogens with zero attached hydrogens (tertiary/aromatic N) is 1. The Morgan fingerprint density at radius 1 is 1.13 bits per heavy atom. The number of ether oxygens (including phenoxy) is 1. The predicted octanol–water partition coefficient (Wildman–Crippen LogP) is 4.56. The lowest BCUT2D eigenvalue weighted by molar-refractivity contribution is -0.192. The second-order valence-electron chi connectivity index (χ2n) is 7.82. The molecule has 0 saturated carbocycles. The second-order valence-corrected chi connectivity index (χ2v) is 7.82. The molecule has 0 radical (unpaired) electrons. The van der Waals surface area contributed by atoms with Crippen molar-refractivity contribution in [3.05, 3.63) is 65.7 Å². The lowest BCUT2D eigenvalue weighted by Crippen LogP contribution is -2.35. The third kappa shape index (κ3) is 6.07. The van der Waals surface area contributed by atoms with Crippen molar-refractivity contribution >= 4 is 17.6 Å². The molecule has 2 aromatic rings. The molecule has 3 atom stereocenters. The van der Waals surface area contributed by atoms with Gasteiger partial charge in [0.2, 0.25) is 5.91 Å².